The van der Waals surface area contributed by atoms with Gasteiger partial charge >= 0.3 is 0 Å². The van der Waals surface area contributed by atoms with Crippen molar-refractivity contribution in [2.75, 3.05) is 33.0 Å². The fraction of sp³-hybridized carbons (Fsp3) is 1.00. The van der Waals surface area contributed by atoms with Crippen LogP contribution >= 0.6 is 0 Å². The Labute approximate surface area is 125 Å². The predicted octanol–water partition coefficient (Wildman–Crippen LogP) is 3.91. The molecule has 0 N–H and O–H groups in total. The highest BCUT2D eigenvalue weighted by Crippen LogP contribution is 2.36. The number of hydrogen-bond acceptors (Lipinski definition) is 3. The molecule has 120 valence electrons. The van der Waals surface area contributed by atoms with Crippen LogP contribution in [-0.2, 0) is 14.2 Å². The predicted molar refractivity (Wildman–Crippen MR) is 83.0 cm³/mol. The number of hydrogen-bond donors (Lipinski definition) is 0. The summed E-state index contributed by atoms with van der Waals surface area (Å²) in [6, 6.07) is 0. The lowest BCUT2D eigenvalue weighted by molar-refractivity contribution is -0.0680. The quantitative estimate of drug-likeness (QED) is 0.570. The van der Waals surface area contributed by atoms with Gasteiger partial charge in [-0.05, 0) is 30.6 Å². The lowest BCUT2D eigenvalue weighted by Crippen LogP contribution is -2.37. The Kier molecular flexibility index (Phi) is 9.49. The number of ether oxygens (including phenoxy) is 3. The molecule has 1 saturated carbocycles. The van der Waals surface area contributed by atoms with Gasteiger partial charge in [-0.25, -0.2) is 0 Å². The second-order valence-corrected chi connectivity index (χ2v) is 6.36. The summed E-state index contributed by atoms with van der Waals surface area (Å²) in [5.74, 6) is 2.20. The van der Waals surface area contributed by atoms with Crippen LogP contribution in [0.3, 0.4) is 0 Å². The summed E-state index contributed by atoms with van der Waals surface area (Å²) in [5, 5.41) is 0. The molecule has 0 aromatic heterocycles. The first-order valence-electron chi connectivity index (χ1n) is 8.43. The molecule has 3 nitrogen and oxygen atoms in total. The van der Waals surface area contributed by atoms with Gasteiger partial charge in [-0.3, -0.25) is 0 Å². The van der Waals surface area contributed by atoms with Crippen LogP contribution < -0.4 is 0 Å². The van der Waals surface area contributed by atoms with Crippen molar-refractivity contribution in [1.82, 2.24) is 0 Å². The van der Waals surface area contributed by atoms with Crippen molar-refractivity contribution in [3.8, 4) is 0 Å². The van der Waals surface area contributed by atoms with Crippen molar-refractivity contribution in [3.63, 3.8) is 0 Å². The van der Waals surface area contributed by atoms with Gasteiger partial charge < -0.3 is 14.2 Å². The molecule has 0 aromatic carbocycles. The average molecular weight is 286 g/mol. The molecule has 1 aliphatic carbocycles. The molecule has 0 aliphatic heterocycles. The molecule has 0 heterocycles. The van der Waals surface area contributed by atoms with Gasteiger partial charge in [0.1, 0.15) is 0 Å². The molecule has 0 amide bonds. The summed E-state index contributed by atoms with van der Waals surface area (Å²) in [6.45, 7) is 12.7. The first-order valence-corrected chi connectivity index (χ1v) is 8.43. The fourth-order valence-electron chi connectivity index (χ4n) is 3.40. The average Bonchev–Trinajstić information content (AvgIpc) is 2.41. The third-order valence-corrected chi connectivity index (χ3v) is 4.28. The van der Waals surface area contributed by atoms with Crippen molar-refractivity contribution >= 4 is 0 Å². The minimum Gasteiger partial charge on any atom is -0.379 e. The normalized spacial score (nSPS) is 27.1. The van der Waals surface area contributed by atoms with Gasteiger partial charge in [0, 0.05) is 6.61 Å². The summed E-state index contributed by atoms with van der Waals surface area (Å²) in [6.07, 6.45) is 5.37. The Morgan fingerprint density at radius 2 is 1.60 bits per heavy atom. The Hall–Kier alpha value is -0.120. The molecule has 20 heavy (non-hydrogen) atoms. The molecular weight excluding hydrogens is 252 g/mol. The number of rotatable bonds is 10. The van der Waals surface area contributed by atoms with Crippen molar-refractivity contribution in [2.45, 2.75) is 59.5 Å². The molecule has 3 atom stereocenters. The molecule has 3 heteroatoms. The zero-order valence-electron chi connectivity index (χ0n) is 13.9. The third-order valence-electron chi connectivity index (χ3n) is 4.28. The standard InChI is InChI=1S/C17H34O3/c1-5-9-18-10-11-19-12-13-20-16-8-6-7-15(4)17(16)14(2)3/h14-17H,5-13H2,1-4H3. The lowest BCUT2D eigenvalue weighted by Gasteiger charge is -2.39. The van der Waals surface area contributed by atoms with Gasteiger partial charge in [0.25, 0.3) is 0 Å². The van der Waals surface area contributed by atoms with Crippen molar-refractivity contribution in [3.05, 3.63) is 0 Å². The Bertz CT molecular complexity index is 230. The molecule has 3 unspecified atom stereocenters. The van der Waals surface area contributed by atoms with Gasteiger partial charge in [0.15, 0.2) is 0 Å². The van der Waals surface area contributed by atoms with E-state index in [1.165, 1.54) is 19.3 Å². The molecule has 0 aromatic rings. The molecule has 1 fully saturated rings. The second kappa shape index (κ2) is 10.6. The Morgan fingerprint density at radius 3 is 2.25 bits per heavy atom. The topological polar surface area (TPSA) is 27.7 Å². The third kappa shape index (κ3) is 6.55. The maximum Gasteiger partial charge on any atom is 0.0704 e. The van der Waals surface area contributed by atoms with Crippen molar-refractivity contribution < 1.29 is 14.2 Å². The zero-order valence-corrected chi connectivity index (χ0v) is 13.9. The van der Waals surface area contributed by atoms with E-state index in [0.29, 0.717) is 44.4 Å². The van der Waals surface area contributed by atoms with Gasteiger partial charge in [-0.1, -0.05) is 40.5 Å². The minimum atomic E-state index is 0.429. The molecular formula is C17H34O3. The minimum absolute atomic E-state index is 0.429. The summed E-state index contributed by atoms with van der Waals surface area (Å²) in [4.78, 5) is 0. The SMILES string of the molecule is CCCOCCOCCOC1CCCC(C)C1C(C)C. The molecule has 0 saturated heterocycles. The van der Waals surface area contributed by atoms with Crippen LogP contribution in [0.25, 0.3) is 0 Å². The first kappa shape index (κ1) is 17.9. The van der Waals surface area contributed by atoms with E-state index in [2.05, 4.69) is 27.7 Å². The molecule has 1 aliphatic rings. The highest BCUT2D eigenvalue weighted by molar-refractivity contribution is 4.82. The maximum atomic E-state index is 6.09. The van der Waals surface area contributed by atoms with E-state index in [9.17, 15) is 0 Å². The molecule has 0 radical (unpaired) electrons. The van der Waals surface area contributed by atoms with Crippen LogP contribution in [0.5, 0.6) is 0 Å². The molecule has 0 spiro atoms. The fourth-order valence-corrected chi connectivity index (χ4v) is 3.40. The van der Waals surface area contributed by atoms with E-state index < -0.39 is 0 Å². The van der Waals surface area contributed by atoms with E-state index in [1.54, 1.807) is 0 Å². The van der Waals surface area contributed by atoms with Gasteiger partial charge in [-0.2, -0.15) is 0 Å². The van der Waals surface area contributed by atoms with Crippen LogP contribution in [-0.4, -0.2) is 39.1 Å². The first-order chi connectivity index (χ1) is 9.66. The summed E-state index contributed by atoms with van der Waals surface area (Å²) in [7, 11) is 0. The maximum absolute atomic E-state index is 6.09. The van der Waals surface area contributed by atoms with Crippen LogP contribution in [0.15, 0.2) is 0 Å². The zero-order chi connectivity index (χ0) is 14.8. The summed E-state index contributed by atoms with van der Waals surface area (Å²) in [5.41, 5.74) is 0. The lowest BCUT2D eigenvalue weighted by atomic mass is 9.72. The Balaban J connectivity index is 2.10. The van der Waals surface area contributed by atoms with Crippen molar-refractivity contribution in [1.29, 1.82) is 0 Å². The smallest absolute Gasteiger partial charge is 0.0704 e. The van der Waals surface area contributed by atoms with E-state index in [-0.39, 0.29) is 0 Å². The van der Waals surface area contributed by atoms with E-state index >= 15 is 0 Å². The van der Waals surface area contributed by atoms with Crippen LogP contribution in [0.2, 0.25) is 0 Å². The van der Waals surface area contributed by atoms with E-state index in [4.69, 9.17) is 14.2 Å². The summed E-state index contributed by atoms with van der Waals surface area (Å²) >= 11 is 0. The monoisotopic (exact) mass is 286 g/mol. The highest BCUT2D eigenvalue weighted by Gasteiger charge is 2.33. The van der Waals surface area contributed by atoms with Crippen LogP contribution in [0, 0.1) is 17.8 Å². The summed E-state index contributed by atoms with van der Waals surface area (Å²) < 4.78 is 17.0. The second-order valence-electron chi connectivity index (χ2n) is 6.36. The van der Waals surface area contributed by atoms with E-state index in [0.717, 1.165) is 18.9 Å². The molecule has 1 rings (SSSR count). The van der Waals surface area contributed by atoms with Gasteiger partial charge in [0.2, 0.25) is 0 Å². The molecule has 0 bridgehead atoms. The van der Waals surface area contributed by atoms with Gasteiger partial charge in [0.05, 0.1) is 32.5 Å². The highest BCUT2D eigenvalue weighted by atomic mass is 16.5. The van der Waals surface area contributed by atoms with Crippen LogP contribution in [0.1, 0.15) is 53.4 Å². The largest absolute Gasteiger partial charge is 0.379 e. The van der Waals surface area contributed by atoms with E-state index in [1.807, 2.05) is 0 Å². The van der Waals surface area contributed by atoms with Crippen LogP contribution in [0.4, 0.5) is 0 Å². The van der Waals surface area contributed by atoms with Crippen molar-refractivity contribution in [2.24, 2.45) is 17.8 Å². The Morgan fingerprint density at radius 1 is 0.950 bits per heavy atom. The van der Waals surface area contributed by atoms with Gasteiger partial charge in [-0.15, -0.1) is 0 Å².